The van der Waals surface area contributed by atoms with Crippen molar-refractivity contribution in [3.8, 4) is 33.9 Å². The number of carbonyl (C=O) groups excluding carboxylic acids is 4. The lowest BCUT2D eigenvalue weighted by Crippen LogP contribution is -2.30. The van der Waals surface area contributed by atoms with Gasteiger partial charge in [-0.25, -0.2) is 27.1 Å². The summed E-state index contributed by atoms with van der Waals surface area (Å²) in [4.78, 5) is 49.9. The van der Waals surface area contributed by atoms with Crippen molar-refractivity contribution in [2.75, 3.05) is 54.9 Å². The summed E-state index contributed by atoms with van der Waals surface area (Å²) in [7, 11) is -3.86. The van der Waals surface area contributed by atoms with E-state index in [2.05, 4.69) is 57.8 Å². The molecule has 8 aromatic rings. The average molecular weight is 1290 g/mol. The number of sulfonamides is 1. The van der Waals surface area contributed by atoms with Gasteiger partial charge in [0.1, 0.15) is 26.4 Å². The Morgan fingerprint density at radius 2 is 0.892 bits per heavy atom. The lowest BCUT2D eigenvalue weighted by atomic mass is 10.1. The van der Waals surface area contributed by atoms with Gasteiger partial charge in [0.2, 0.25) is 33.7 Å². The van der Waals surface area contributed by atoms with Crippen LogP contribution in [0.25, 0.3) is 33.9 Å². The zero-order valence-corrected chi connectivity index (χ0v) is 49.6. The van der Waals surface area contributed by atoms with Crippen LogP contribution in [0.5, 0.6) is 0 Å². The number of nitrogens with two attached hydrogens (primary N) is 1. The number of anilines is 3. The molecule has 0 radical (unpaired) electrons. The van der Waals surface area contributed by atoms with Crippen molar-refractivity contribution >= 4 is 93.8 Å². The number of ether oxygens (including phenoxy) is 2. The molecule has 2 heterocycles. The Labute approximate surface area is 499 Å². The van der Waals surface area contributed by atoms with E-state index in [1.807, 2.05) is 102 Å². The predicted molar refractivity (Wildman–Crippen MR) is 326 cm³/mol. The van der Waals surface area contributed by atoms with Gasteiger partial charge >= 0.3 is 0 Å². The Balaban J connectivity index is 0.649. The van der Waals surface area contributed by atoms with E-state index >= 15 is 0 Å². The fourth-order valence-corrected chi connectivity index (χ4v) is 10.0. The molecule has 1 atom stereocenters. The largest absolute Gasteiger partial charge is 0.362 e. The number of nitrogens with zero attached hydrogens (tertiary/aromatic N) is 4. The normalized spacial score (nSPS) is 11.7. The van der Waals surface area contributed by atoms with E-state index in [0.717, 1.165) is 91.8 Å². The number of benzene rings is 6. The van der Waals surface area contributed by atoms with Crippen molar-refractivity contribution in [1.82, 2.24) is 30.2 Å². The second-order valence-corrected chi connectivity index (χ2v) is 23.2. The number of carbonyl (C=O) groups is 4. The average Bonchev–Trinajstić information content (AvgIpc) is 4.30. The van der Waals surface area contributed by atoms with E-state index in [4.69, 9.17) is 24.8 Å². The van der Waals surface area contributed by atoms with Crippen molar-refractivity contribution < 1.29 is 45.8 Å². The quantitative estimate of drug-likeness (QED) is 0.0171. The van der Waals surface area contributed by atoms with Crippen molar-refractivity contribution in [2.45, 2.75) is 49.8 Å². The number of amides is 4. The molecular weight excluding hydrogens is 1230 g/mol. The summed E-state index contributed by atoms with van der Waals surface area (Å²) in [5.41, 5.74) is 10.1. The van der Waals surface area contributed by atoms with Crippen molar-refractivity contribution in [3.63, 3.8) is 0 Å². The molecule has 8 rings (SSSR count). The van der Waals surface area contributed by atoms with E-state index < -0.39 is 33.1 Å². The van der Waals surface area contributed by atoms with Crippen LogP contribution in [-0.2, 0) is 62.8 Å². The van der Waals surface area contributed by atoms with Gasteiger partial charge in [-0.15, -0.1) is 0 Å². The Morgan fingerprint density at radius 3 is 1.29 bits per heavy atom. The fraction of sp³-hybridized carbons (Fsp3) is 0.220. The highest BCUT2D eigenvalue weighted by atomic mass is 79.9. The number of hydrogen-bond acceptors (Lipinski definition) is 11. The molecule has 0 saturated carbocycles. The third kappa shape index (κ3) is 19.2. The minimum Gasteiger partial charge on any atom is -0.362 e. The maximum atomic E-state index is 12.6. The first-order valence-electron chi connectivity index (χ1n) is 26.3. The maximum absolute atomic E-state index is 12.6. The molecular formula is C59H60Br2N10O10S2. The van der Waals surface area contributed by atoms with E-state index in [1.165, 1.54) is 12.1 Å². The molecule has 0 bridgehead atoms. The molecule has 20 nitrogen and oxygen atoms in total. The SMILES string of the molecule is NS(=O)(=O)c1ccc(-n2nc(Cc3ccc(NC(=O)COCC(=O)NCCCCCCCNC(=O)COCC(=O)Nc4ccc(Cc5cc(-c6ccc(Br)cc6)n(-c6ccc(NS(=O)O)cc6)n5)cc4)cc3)cc2-c2ccc(Br)cc2)cc1. The van der Waals surface area contributed by atoms with Crippen LogP contribution < -0.4 is 31.1 Å². The Bertz CT molecular complexity index is 3620. The van der Waals surface area contributed by atoms with Crippen LogP contribution >= 0.6 is 31.9 Å². The molecule has 0 saturated heterocycles. The fourth-order valence-electron chi connectivity index (χ4n) is 8.66. The van der Waals surface area contributed by atoms with E-state index in [1.54, 1.807) is 53.2 Å². The van der Waals surface area contributed by atoms with Gasteiger partial charge in [-0.2, -0.15) is 10.2 Å². The molecule has 6 aromatic carbocycles. The van der Waals surface area contributed by atoms with E-state index in [0.29, 0.717) is 48.7 Å². The van der Waals surface area contributed by atoms with Crippen molar-refractivity contribution in [2.24, 2.45) is 5.14 Å². The Kier molecular flexibility index (Phi) is 22.2. The molecule has 0 fully saturated rings. The number of aromatic nitrogens is 4. The third-order valence-corrected chi connectivity index (χ3v) is 15.1. The molecule has 4 amide bonds. The standard InChI is InChI=1S/C59H60Br2N10O10S2/c60-44-14-10-42(11-15-44)54-34-49(67-70(54)51-24-22-48(23-25-51)69-82(76)77)32-40-6-18-46(19-7-40)65-58(74)38-80-36-56(72)63-30-4-2-1-3-5-31-64-57(73)37-81-39-59(75)66-47-20-8-41(9-21-47)33-50-35-55(43-12-16-45(61)17-13-43)71(68-50)52-26-28-53(29-27-52)83(62,78)79/h6-29,34-35,69H,1-5,30-33,36-39H2,(H,63,72)(H,64,73)(H,65,74)(H,66,75)(H,76,77)(H2,62,78,79). The molecule has 432 valence electrons. The summed E-state index contributed by atoms with van der Waals surface area (Å²) < 4.78 is 62.7. The molecule has 0 aliphatic carbocycles. The summed E-state index contributed by atoms with van der Waals surface area (Å²) in [6, 6.07) is 47.6. The number of halogens is 2. The lowest BCUT2D eigenvalue weighted by molar-refractivity contribution is -0.130. The third-order valence-electron chi connectivity index (χ3n) is 12.7. The molecule has 0 spiro atoms. The smallest absolute Gasteiger partial charge is 0.259 e. The Morgan fingerprint density at radius 1 is 0.518 bits per heavy atom. The predicted octanol–water partition coefficient (Wildman–Crippen LogP) is 9.09. The summed E-state index contributed by atoms with van der Waals surface area (Å²) in [6.45, 7) is -0.176. The van der Waals surface area contributed by atoms with Crippen molar-refractivity contribution in [1.29, 1.82) is 0 Å². The first-order valence-corrected chi connectivity index (χ1v) is 30.5. The van der Waals surface area contributed by atoms with Gasteiger partial charge in [-0.3, -0.25) is 28.5 Å². The minimum absolute atomic E-state index is 0.00203. The van der Waals surface area contributed by atoms with Crippen LogP contribution in [0.4, 0.5) is 17.1 Å². The highest BCUT2D eigenvalue weighted by molar-refractivity contribution is 9.10. The summed E-state index contributed by atoms with van der Waals surface area (Å²) in [5, 5.41) is 26.2. The van der Waals surface area contributed by atoms with Gasteiger partial charge in [0, 0.05) is 63.1 Å². The van der Waals surface area contributed by atoms with Gasteiger partial charge in [0.15, 0.2) is 0 Å². The monoisotopic (exact) mass is 1290 g/mol. The molecule has 1 unspecified atom stereocenters. The van der Waals surface area contributed by atoms with Crippen molar-refractivity contribution in [3.05, 3.63) is 189 Å². The second-order valence-electron chi connectivity index (χ2n) is 19.1. The Hall–Kier alpha value is -7.68. The number of primary sulfonamides is 1. The highest BCUT2D eigenvalue weighted by Gasteiger charge is 2.17. The van der Waals surface area contributed by atoms with E-state index in [-0.39, 0.29) is 43.1 Å². The van der Waals surface area contributed by atoms with Gasteiger partial charge < -0.3 is 30.7 Å². The number of hydrogen-bond donors (Lipinski definition) is 7. The summed E-state index contributed by atoms with van der Waals surface area (Å²) in [6.07, 6.45) is 5.18. The zero-order valence-electron chi connectivity index (χ0n) is 44.8. The van der Waals surface area contributed by atoms with Crippen LogP contribution in [0.2, 0.25) is 0 Å². The topological polar surface area (TPSA) is 280 Å². The number of unbranched alkanes of at least 4 members (excludes halogenated alkanes) is 4. The molecule has 0 aliphatic heterocycles. The first kappa shape index (κ1) is 61.4. The molecule has 2 aromatic heterocycles. The number of rotatable bonds is 29. The van der Waals surface area contributed by atoms with Crippen LogP contribution in [0.3, 0.4) is 0 Å². The van der Waals surface area contributed by atoms with Crippen LogP contribution in [0.1, 0.15) is 54.6 Å². The van der Waals surface area contributed by atoms with Crippen LogP contribution in [0, 0.1) is 0 Å². The second kappa shape index (κ2) is 30.0. The zero-order chi connectivity index (χ0) is 58.7. The molecule has 0 aliphatic rings. The van der Waals surface area contributed by atoms with E-state index in [9.17, 15) is 36.4 Å². The minimum atomic E-state index is -3.86. The number of nitrogens with one attached hydrogen (secondary N) is 5. The highest BCUT2D eigenvalue weighted by Crippen LogP contribution is 2.30. The summed E-state index contributed by atoms with van der Waals surface area (Å²) in [5.74, 6) is -1.44. The van der Waals surface area contributed by atoms with Gasteiger partial charge in [0.25, 0.3) is 11.3 Å². The molecule has 8 N–H and O–H groups in total. The summed E-state index contributed by atoms with van der Waals surface area (Å²) >= 11 is 4.79. The molecule has 24 heteroatoms. The molecule has 83 heavy (non-hydrogen) atoms. The van der Waals surface area contributed by atoms with Crippen LogP contribution in [-0.4, -0.2) is 99.9 Å². The first-order chi connectivity index (χ1) is 40.0. The van der Waals surface area contributed by atoms with Gasteiger partial charge in [-0.1, -0.05) is 99.7 Å². The van der Waals surface area contributed by atoms with Gasteiger partial charge in [0.05, 0.1) is 39.0 Å². The lowest BCUT2D eigenvalue weighted by Gasteiger charge is -2.09. The maximum Gasteiger partial charge on any atom is 0.259 e. The van der Waals surface area contributed by atoms with Crippen LogP contribution in [0.15, 0.2) is 172 Å². The van der Waals surface area contributed by atoms with Gasteiger partial charge in [-0.05, 0) is 133 Å².